The van der Waals surface area contributed by atoms with Gasteiger partial charge < -0.3 is 4.74 Å². The Balaban J connectivity index is 2.07. The van der Waals surface area contributed by atoms with E-state index in [0.717, 1.165) is 18.6 Å². The van der Waals surface area contributed by atoms with E-state index in [4.69, 9.17) is 4.74 Å². The van der Waals surface area contributed by atoms with Crippen molar-refractivity contribution in [3.63, 3.8) is 0 Å². The second kappa shape index (κ2) is 4.90. The van der Waals surface area contributed by atoms with Crippen LogP contribution in [-0.2, 0) is 15.4 Å². The summed E-state index contributed by atoms with van der Waals surface area (Å²) in [4.78, 5) is 0. The average Bonchev–Trinajstić information content (AvgIpc) is 3.18. The number of methoxy groups -OCH3 is 1. The number of rotatable bonds is 6. The molecule has 1 fully saturated rings. The fourth-order valence-corrected chi connectivity index (χ4v) is 2.71. The first kappa shape index (κ1) is 13.4. The molecule has 1 aliphatic rings. The van der Waals surface area contributed by atoms with Crippen molar-refractivity contribution in [3.8, 4) is 5.75 Å². The maximum Gasteiger partial charge on any atom is 0.211 e. The topological polar surface area (TPSA) is 55.4 Å². The van der Waals surface area contributed by atoms with Gasteiger partial charge in [0, 0.05) is 12.0 Å². The highest BCUT2D eigenvalue weighted by molar-refractivity contribution is 7.89. The van der Waals surface area contributed by atoms with Crippen molar-refractivity contribution >= 4 is 10.0 Å². The third-order valence-electron chi connectivity index (χ3n) is 3.57. The van der Waals surface area contributed by atoms with Gasteiger partial charge in [-0.25, -0.2) is 13.1 Å². The predicted molar refractivity (Wildman–Crippen MR) is 71.4 cm³/mol. The van der Waals surface area contributed by atoms with Crippen LogP contribution >= 0.6 is 0 Å². The number of nitrogens with one attached hydrogen (secondary N) is 1. The number of benzene rings is 1. The molecule has 1 aromatic carbocycles. The Kier molecular flexibility index (Phi) is 3.64. The molecule has 0 bridgehead atoms. The standard InChI is InChI=1S/C13H19NO3S/c1-3-18(15,16)14-10-13(8-9-13)11-4-6-12(17-2)7-5-11/h4-7,14H,3,8-10H2,1-2H3. The van der Waals surface area contributed by atoms with Crippen molar-refractivity contribution in [2.45, 2.75) is 25.2 Å². The predicted octanol–water partition coefficient (Wildman–Crippen LogP) is 1.67. The Hall–Kier alpha value is -1.07. The zero-order valence-electron chi connectivity index (χ0n) is 10.8. The Morgan fingerprint density at radius 1 is 1.28 bits per heavy atom. The minimum atomic E-state index is -3.11. The van der Waals surface area contributed by atoms with Gasteiger partial charge in [-0.2, -0.15) is 0 Å². The van der Waals surface area contributed by atoms with Crippen LogP contribution in [0.1, 0.15) is 25.3 Å². The largest absolute Gasteiger partial charge is 0.497 e. The quantitative estimate of drug-likeness (QED) is 0.854. The second-order valence-electron chi connectivity index (χ2n) is 4.73. The summed E-state index contributed by atoms with van der Waals surface area (Å²) in [7, 11) is -1.47. The molecule has 5 heteroatoms. The smallest absolute Gasteiger partial charge is 0.211 e. The lowest BCUT2D eigenvalue weighted by Crippen LogP contribution is -2.33. The third-order valence-corrected chi connectivity index (χ3v) is 4.91. The first-order chi connectivity index (χ1) is 8.51. The molecule has 100 valence electrons. The highest BCUT2D eigenvalue weighted by Crippen LogP contribution is 2.47. The van der Waals surface area contributed by atoms with Crippen LogP contribution in [0.15, 0.2) is 24.3 Å². The lowest BCUT2D eigenvalue weighted by molar-refractivity contribution is 0.414. The minimum absolute atomic E-state index is 0.00545. The van der Waals surface area contributed by atoms with Crippen molar-refractivity contribution in [3.05, 3.63) is 29.8 Å². The molecule has 0 amide bonds. The van der Waals surface area contributed by atoms with E-state index in [9.17, 15) is 8.42 Å². The maximum absolute atomic E-state index is 11.5. The Morgan fingerprint density at radius 3 is 2.33 bits per heavy atom. The fourth-order valence-electron chi connectivity index (χ4n) is 2.01. The minimum Gasteiger partial charge on any atom is -0.497 e. The summed E-state index contributed by atoms with van der Waals surface area (Å²) in [6.07, 6.45) is 2.07. The van der Waals surface area contributed by atoms with Crippen LogP contribution in [0.4, 0.5) is 0 Å². The van der Waals surface area contributed by atoms with E-state index in [0.29, 0.717) is 6.54 Å². The van der Waals surface area contributed by atoms with Gasteiger partial charge >= 0.3 is 0 Å². The molecule has 1 saturated carbocycles. The van der Waals surface area contributed by atoms with Gasteiger partial charge in [0.2, 0.25) is 10.0 Å². The van der Waals surface area contributed by atoms with Crippen molar-refractivity contribution < 1.29 is 13.2 Å². The summed E-state index contributed by atoms with van der Waals surface area (Å²) < 4.78 is 30.8. The lowest BCUT2D eigenvalue weighted by atomic mass is 9.96. The number of hydrogen-bond acceptors (Lipinski definition) is 3. The Morgan fingerprint density at radius 2 is 1.89 bits per heavy atom. The molecule has 0 radical (unpaired) electrons. The molecule has 1 aliphatic carbocycles. The molecule has 0 atom stereocenters. The normalized spacial score (nSPS) is 17.4. The molecule has 1 N–H and O–H groups in total. The number of ether oxygens (including phenoxy) is 1. The molecule has 0 unspecified atom stereocenters. The van der Waals surface area contributed by atoms with Gasteiger partial charge in [0.25, 0.3) is 0 Å². The van der Waals surface area contributed by atoms with Crippen LogP contribution in [0.5, 0.6) is 5.75 Å². The molecule has 0 aliphatic heterocycles. The maximum atomic E-state index is 11.5. The molecule has 0 saturated heterocycles. The summed E-state index contributed by atoms with van der Waals surface area (Å²) in [5.41, 5.74) is 1.18. The number of sulfonamides is 1. The van der Waals surface area contributed by atoms with E-state index in [1.807, 2.05) is 24.3 Å². The van der Waals surface area contributed by atoms with Crippen LogP contribution < -0.4 is 9.46 Å². The highest BCUT2D eigenvalue weighted by Gasteiger charge is 2.44. The van der Waals surface area contributed by atoms with Crippen LogP contribution in [0.3, 0.4) is 0 Å². The van der Waals surface area contributed by atoms with E-state index >= 15 is 0 Å². The summed E-state index contributed by atoms with van der Waals surface area (Å²) in [5.74, 6) is 0.954. The SMILES string of the molecule is CCS(=O)(=O)NCC1(c2ccc(OC)cc2)CC1. The molecule has 0 aromatic heterocycles. The van der Waals surface area contributed by atoms with E-state index < -0.39 is 10.0 Å². The summed E-state index contributed by atoms with van der Waals surface area (Å²) in [6, 6.07) is 7.88. The van der Waals surface area contributed by atoms with Gasteiger partial charge in [0.1, 0.15) is 5.75 Å². The monoisotopic (exact) mass is 269 g/mol. The molecule has 1 aromatic rings. The van der Waals surface area contributed by atoms with Crippen LogP contribution in [-0.4, -0.2) is 27.8 Å². The van der Waals surface area contributed by atoms with Crippen molar-refractivity contribution in [1.82, 2.24) is 4.72 Å². The molecular formula is C13H19NO3S. The highest BCUT2D eigenvalue weighted by atomic mass is 32.2. The van der Waals surface area contributed by atoms with Crippen LogP contribution in [0.25, 0.3) is 0 Å². The van der Waals surface area contributed by atoms with E-state index in [-0.39, 0.29) is 11.2 Å². The fraction of sp³-hybridized carbons (Fsp3) is 0.538. The van der Waals surface area contributed by atoms with Crippen molar-refractivity contribution in [1.29, 1.82) is 0 Å². The van der Waals surface area contributed by atoms with Gasteiger partial charge in [0.05, 0.1) is 12.9 Å². The Labute approximate surface area is 108 Å². The summed E-state index contributed by atoms with van der Waals surface area (Å²) in [5, 5.41) is 0. The molecule has 4 nitrogen and oxygen atoms in total. The second-order valence-corrected chi connectivity index (χ2v) is 6.83. The van der Waals surface area contributed by atoms with Gasteiger partial charge in [0.15, 0.2) is 0 Å². The molecule has 18 heavy (non-hydrogen) atoms. The van der Waals surface area contributed by atoms with E-state index in [1.54, 1.807) is 14.0 Å². The number of hydrogen-bond donors (Lipinski definition) is 1. The van der Waals surface area contributed by atoms with E-state index in [1.165, 1.54) is 5.56 Å². The van der Waals surface area contributed by atoms with Crippen LogP contribution in [0.2, 0.25) is 0 Å². The summed E-state index contributed by atoms with van der Waals surface area (Å²) >= 11 is 0. The summed E-state index contributed by atoms with van der Waals surface area (Å²) in [6.45, 7) is 2.14. The third kappa shape index (κ3) is 2.84. The zero-order chi connectivity index (χ0) is 13.2. The van der Waals surface area contributed by atoms with Crippen molar-refractivity contribution in [2.24, 2.45) is 0 Å². The molecule has 0 heterocycles. The van der Waals surface area contributed by atoms with E-state index in [2.05, 4.69) is 4.72 Å². The first-order valence-electron chi connectivity index (χ1n) is 6.13. The van der Waals surface area contributed by atoms with Gasteiger partial charge in [-0.05, 0) is 37.5 Å². The van der Waals surface area contributed by atoms with Gasteiger partial charge in [-0.15, -0.1) is 0 Å². The average molecular weight is 269 g/mol. The van der Waals surface area contributed by atoms with Crippen LogP contribution in [0, 0.1) is 0 Å². The van der Waals surface area contributed by atoms with Gasteiger partial charge in [-0.1, -0.05) is 12.1 Å². The molecular weight excluding hydrogens is 250 g/mol. The molecule has 0 spiro atoms. The lowest BCUT2D eigenvalue weighted by Gasteiger charge is -2.16. The van der Waals surface area contributed by atoms with Crippen molar-refractivity contribution in [2.75, 3.05) is 19.4 Å². The Bertz CT molecular complexity index is 504. The van der Waals surface area contributed by atoms with Gasteiger partial charge in [-0.3, -0.25) is 0 Å². The molecule has 2 rings (SSSR count). The zero-order valence-corrected chi connectivity index (χ0v) is 11.6. The first-order valence-corrected chi connectivity index (χ1v) is 7.78.